The highest BCUT2D eigenvalue weighted by Crippen LogP contribution is 2.43. The molecule has 0 saturated carbocycles. The number of hydrogen-bond acceptors (Lipinski definition) is 7. The molecule has 0 aliphatic heterocycles. The largest absolute Gasteiger partial charge is 0.472 e. The van der Waals surface area contributed by atoms with Gasteiger partial charge in [0, 0.05) is 12.8 Å². The summed E-state index contributed by atoms with van der Waals surface area (Å²) in [5, 5.41) is 0. The Bertz CT molecular complexity index is 1360. The molecule has 0 saturated heterocycles. The van der Waals surface area contributed by atoms with Crippen molar-refractivity contribution in [2.75, 3.05) is 47.5 Å². The monoisotopic (exact) mass is 1080 g/mol. The van der Waals surface area contributed by atoms with Gasteiger partial charge in [0.15, 0.2) is 6.10 Å². The Morgan fingerprint density at radius 2 is 0.720 bits per heavy atom. The fourth-order valence-electron chi connectivity index (χ4n) is 9.40. The SMILES string of the molecule is CCCCCC/C=C\C/C=C\CCCCCCCC(=O)OC(COC(=O)CCCCCCCCCCCCCCCCCCCCCCCCC/C=C\CCCCCCCCCC)COP(=O)(O)OCC[N+](C)(C)C. The van der Waals surface area contributed by atoms with E-state index in [0.717, 1.165) is 57.8 Å². The standard InChI is InChI=1S/C65H124NO8P/c1-6-8-10-12-14-16-18-20-22-24-25-26-27-28-29-30-31-32-33-34-35-36-37-38-39-40-41-42-44-45-47-49-51-53-55-57-64(67)71-61-63(62-73-75(69,70)72-60-59-66(3,4)5)74-65(68)58-56-54-52-50-48-46-43-23-21-19-17-15-13-11-9-7-2/h17,19,23-25,43,63H,6-16,18,20-22,26-42,44-62H2,1-5H3/p+1/b19-17-,25-24-,43-23-. The van der Waals surface area contributed by atoms with Crippen molar-refractivity contribution in [1.82, 2.24) is 0 Å². The highest BCUT2D eigenvalue weighted by atomic mass is 31.2. The van der Waals surface area contributed by atoms with Crippen LogP contribution in [-0.4, -0.2) is 74.9 Å². The molecule has 10 heteroatoms. The molecule has 0 rings (SSSR count). The summed E-state index contributed by atoms with van der Waals surface area (Å²) in [6.45, 7) is 4.44. The van der Waals surface area contributed by atoms with Gasteiger partial charge in [-0.25, -0.2) is 4.57 Å². The molecule has 0 amide bonds. The summed E-state index contributed by atoms with van der Waals surface area (Å²) < 4.78 is 34.6. The van der Waals surface area contributed by atoms with Gasteiger partial charge in [0.1, 0.15) is 19.8 Å². The lowest BCUT2D eigenvalue weighted by atomic mass is 10.0. The number of hydrogen-bond donors (Lipinski definition) is 1. The molecule has 0 aromatic rings. The van der Waals surface area contributed by atoms with Crippen molar-refractivity contribution >= 4 is 19.8 Å². The number of ether oxygens (including phenoxy) is 2. The van der Waals surface area contributed by atoms with Crippen LogP contribution in [0.5, 0.6) is 0 Å². The molecule has 0 heterocycles. The fourth-order valence-corrected chi connectivity index (χ4v) is 10.1. The fraction of sp³-hybridized carbons (Fsp3) is 0.877. The van der Waals surface area contributed by atoms with Gasteiger partial charge in [-0.3, -0.25) is 18.6 Å². The third-order valence-electron chi connectivity index (χ3n) is 14.4. The van der Waals surface area contributed by atoms with Crippen molar-refractivity contribution in [1.29, 1.82) is 0 Å². The number of carbonyl (C=O) groups excluding carboxylic acids is 2. The van der Waals surface area contributed by atoms with E-state index in [1.54, 1.807) is 0 Å². The van der Waals surface area contributed by atoms with Crippen molar-refractivity contribution in [3.63, 3.8) is 0 Å². The highest BCUT2D eigenvalue weighted by molar-refractivity contribution is 7.47. The number of nitrogens with zero attached hydrogens (tertiary/aromatic N) is 1. The Kier molecular flexibility index (Phi) is 55.6. The van der Waals surface area contributed by atoms with Gasteiger partial charge in [0.2, 0.25) is 0 Å². The van der Waals surface area contributed by atoms with Gasteiger partial charge < -0.3 is 18.9 Å². The Morgan fingerprint density at radius 1 is 0.413 bits per heavy atom. The normalized spacial score (nSPS) is 13.4. The van der Waals surface area contributed by atoms with Crippen LogP contribution < -0.4 is 0 Å². The van der Waals surface area contributed by atoms with Gasteiger partial charge in [0.05, 0.1) is 27.7 Å². The van der Waals surface area contributed by atoms with Crippen LogP contribution >= 0.6 is 7.82 Å². The summed E-state index contributed by atoms with van der Waals surface area (Å²) in [5.41, 5.74) is 0. The second-order valence-corrected chi connectivity index (χ2v) is 24.6. The molecule has 0 spiro atoms. The topological polar surface area (TPSA) is 108 Å². The first-order chi connectivity index (χ1) is 36.5. The van der Waals surface area contributed by atoms with E-state index >= 15 is 0 Å². The Labute approximate surface area is 465 Å². The molecule has 0 fully saturated rings. The Balaban J connectivity index is 3.94. The third-order valence-corrected chi connectivity index (χ3v) is 15.4. The van der Waals surface area contributed by atoms with Gasteiger partial charge in [-0.1, -0.05) is 269 Å². The molecule has 442 valence electrons. The summed E-state index contributed by atoms with van der Waals surface area (Å²) in [7, 11) is 1.48. The van der Waals surface area contributed by atoms with Crippen LogP contribution in [0.2, 0.25) is 0 Å². The van der Waals surface area contributed by atoms with Crippen LogP contribution in [-0.2, 0) is 32.7 Å². The van der Waals surface area contributed by atoms with Gasteiger partial charge >= 0.3 is 19.8 Å². The summed E-state index contributed by atoms with van der Waals surface area (Å²) >= 11 is 0. The minimum Gasteiger partial charge on any atom is -0.462 e. The zero-order valence-corrected chi connectivity index (χ0v) is 51.2. The smallest absolute Gasteiger partial charge is 0.462 e. The van der Waals surface area contributed by atoms with E-state index in [4.69, 9.17) is 18.5 Å². The maximum atomic E-state index is 12.8. The summed E-state index contributed by atoms with van der Waals surface area (Å²) in [5.74, 6) is -0.800. The lowest BCUT2D eigenvalue weighted by Crippen LogP contribution is -2.37. The molecule has 75 heavy (non-hydrogen) atoms. The minimum atomic E-state index is -4.39. The number of phosphoric ester groups is 1. The minimum absolute atomic E-state index is 0.0303. The zero-order chi connectivity index (χ0) is 54.9. The number of esters is 2. The molecule has 0 bridgehead atoms. The lowest BCUT2D eigenvalue weighted by Gasteiger charge is -2.24. The van der Waals surface area contributed by atoms with Crippen molar-refractivity contribution in [2.24, 2.45) is 0 Å². The average Bonchev–Trinajstić information content (AvgIpc) is 3.37. The third kappa shape index (κ3) is 61.3. The van der Waals surface area contributed by atoms with Gasteiger partial charge in [-0.2, -0.15) is 0 Å². The van der Waals surface area contributed by atoms with Gasteiger partial charge in [-0.15, -0.1) is 0 Å². The molecule has 2 unspecified atom stereocenters. The Hall–Kier alpha value is -1.77. The molecule has 1 N–H and O–H groups in total. The zero-order valence-electron chi connectivity index (χ0n) is 50.3. The molecule has 0 aliphatic carbocycles. The first-order valence-electron chi connectivity index (χ1n) is 32.2. The number of likely N-dealkylation sites (N-methyl/N-ethyl adjacent to an activating group) is 1. The average molecular weight is 1080 g/mol. The predicted molar refractivity (Wildman–Crippen MR) is 321 cm³/mol. The molecule has 0 aromatic heterocycles. The summed E-state index contributed by atoms with van der Waals surface area (Å²) in [4.78, 5) is 35.7. The summed E-state index contributed by atoms with van der Waals surface area (Å²) in [6.07, 6.45) is 71.1. The van der Waals surface area contributed by atoms with Crippen molar-refractivity contribution in [3.05, 3.63) is 36.5 Å². The van der Waals surface area contributed by atoms with E-state index in [1.165, 1.54) is 225 Å². The highest BCUT2D eigenvalue weighted by Gasteiger charge is 2.27. The number of allylic oxidation sites excluding steroid dienone is 6. The number of phosphoric acid groups is 1. The summed E-state index contributed by atoms with van der Waals surface area (Å²) in [6, 6.07) is 0. The first-order valence-corrected chi connectivity index (χ1v) is 33.7. The molecule has 0 aromatic carbocycles. The number of quaternary nitrogens is 1. The van der Waals surface area contributed by atoms with E-state index in [9.17, 15) is 19.0 Å². The van der Waals surface area contributed by atoms with E-state index < -0.39 is 26.5 Å². The van der Waals surface area contributed by atoms with Crippen molar-refractivity contribution in [3.8, 4) is 0 Å². The lowest BCUT2D eigenvalue weighted by molar-refractivity contribution is -0.870. The Morgan fingerprint density at radius 3 is 1.08 bits per heavy atom. The van der Waals surface area contributed by atoms with Crippen molar-refractivity contribution in [2.45, 2.75) is 322 Å². The van der Waals surface area contributed by atoms with Gasteiger partial charge in [0.25, 0.3) is 0 Å². The van der Waals surface area contributed by atoms with Crippen molar-refractivity contribution < 1.29 is 42.1 Å². The first kappa shape index (κ1) is 73.2. The number of unbranched alkanes of at least 4 members (excludes halogenated alkanes) is 40. The van der Waals surface area contributed by atoms with E-state index in [0.29, 0.717) is 23.9 Å². The second-order valence-electron chi connectivity index (χ2n) is 23.1. The van der Waals surface area contributed by atoms with Crippen LogP contribution in [0, 0.1) is 0 Å². The number of carbonyl (C=O) groups is 2. The number of rotatable bonds is 60. The maximum absolute atomic E-state index is 12.8. The molecular formula is C65H125NO8P+. The van der Waals surface area contributed by atoms with E-state index in [2.05, 4.69) is 50.3 Å². The van der Waals surface area contributed by atoms with Crippen LogP contribution in [0.4, 0.5) is 0 Å². The van der Waals surface area contributed by atoms with E-state index in [-0.39, 0.29) is 25.6 Å². The quantitative estimate of drug-likeness (QED) is 0.0211. The van der Waals surface area contributed by atoms with Crippen LogP contribution in [0.3, 0.4) is 0 Å². The maximum Gasteiger partial charge on any atom is 0.472 e. The molecule has 0 radical (unpaired) electrons. The van der Waals surface area contributed by atoms with Gasteiger partial charge in [-0.05, 0) is 70.6 Å². The molecule has 9 nitrogen and oxygen atoms in total. The predicted octanol–water partition coefficient (Wildman–Crippen LogP) is 20.3. The molecule has 0 aliphatic rings. The van der Waals surface area contributed by atoms with Crippen LogP contribution in [0.1, 0.15) is 316 Å². The molecular weight excluding hydrogens is 954 g/mol. The second kappa shape index (κ2) is 56.9. The van der Waals surface area contributed by atoms with Crippen LogP contribution in [0.25, 0.3) is 0 Å². The van der Waals surface area contributed by atoms with Crippen LogP contribution in [0.15, 0.2) is 36.5 Å². The van der Waals surface area contributed by atoms with E-state index in [1.807, 2.05) is 21.1 Å². The molecule has 2 atom stereocenters.